The highest BCUT2D eigenvalue weighted by Crippen LogP contribution is 2.27. The molecular formula is C14H21ClFN3. The van der Waals surface area contributed by atoms with E-state index in [0.717, 1.165) is 25.2 Å². The molecular weight excluding hydrogens is 265 g/mol. The number of likely N-dealkylation sites (N-methyl/N-ethyl adjacent to an activating group) is 1. The number of hydrogen-bond acceptors (Lipinski definition) is 3. The molecule has 1 aromatic carbocycles. The van der Waals surface area contributed by atoms with E-state index in [1.807, 2.05) is 0 Å². The lowest BCUT2D eigenvalue weighted by atomic mass is 10.0. The summed E-state index contributed by atoms with van der Waals surface area (Å²) in [6.45, 7) is 5.71. The number of rotatable bonds is 3. The van der Waals surface area contributed by atoms with E-state index in [1.165, 1.54) is 6.07 Å². The van der Waals surface area contributed by atoms with Crippen molar-refractivity contribution in [3.63, 3.8) is 0 Å². The second-order valence-electron chi connectivity index (χ2n) is 5.24. The topological polar surface area (TPSA) is 32.5 Å². The molecule has 1 aliphatic rings. The van der Waals surface area contributed by atoms with Crippen molar-refractivity contribution in [1.29, 1.82) is 0 Å². The molecule has 1 aromatic rings. The maximum absolute atomic E-state index is 13.2. The Bertz CT molecular complexity index is 441. The summed E-state index contributed by atoms with van der Waals surface area (Å²) in [5, 5.41) is 0.183. The Hall–Kier alpha value is -0.680. The highest BCUT2D eigenvalue weighted by molar-refractivity contribution is 6.30. The van der Waals surface area contributed by atoms with E-state index < -0.39 is 0 Å². The molecule has 2 unspecified atom stereocenters. The third-order valence-electron chi connectivity index (χ3n) is 3.93. The summed E-state index contributed by atoms with van der Waals surface area (Å²) in [6, 6.07) is 5.48. The van der Waals surface area contributed by atoms with Crippen LogP contribution in [0.4, 0.5) is 4.39 Å². The van der Waals surface area contributed by atoms with Crippen LogP contribution in [0.15, 0.2) is 18.2 Å². The van der Waals surface area contributed by atoms with Gasteiger partial charge in [0.2, 0.25) is 0 Å². The van der Waals surface area contributed by atoms with Gasteiger partial charge in [0.1, 0.15) is 5.82 Å². The van der Waals surface area contributed by atoms with Crippen LogP contribution in [-0.2, 0) is 0 Å². The van der Waals surface area contributed by atoms with Crippen molar-refractivity contribution in [1.82, 2.24) is 9.80 Å². The van der Waals surface area contributed by atoms with Crippen LogP contribution in [0.2, 0.25) is 5.02 Å². The molecule has 2 atom stereocenters. The number of nitrogens with two attached hydrogens (primary N) is 1. The Morgan fingerprint density at radius 2 is 2.21 bits per heavy atom. The molecule has 1 heterocycles. The standard InChI is InChI=1S/C14H21ClFN3/c1-10(11-3-4-14(16)13(15)7-11)19-6-5-18(2)9-12(19)8-17/h3-4,7,10,12H,5-6,8-9,17H2,1-2H3. The summed E-state index contributed by atoms with van der Waals surface area (Å²) in [4.78, 5) is 4.67. The molecule has 1 saturated heterocycles. The minimum atomic E-state index is -0.369. The number of hydrogen-bond donors (Lipinski definition) is 1. The summed E-state index contributed by atoms with van der Waals surface area (Å²) < 4.78 is 13.2. The van der Waals surface area contributed by atoms with Crippen LogP contribution in [0.25, 0.3) is 0 Å². The van der Waals surface area contributed by atoms with Gasteiger partial charge in [-0.3, -0.25) is 4.90 Å². The van der Waals surface area contributed by atoms with Crippen LogP contribution in [0.5, 0.6) is 0 Å². The molecule has 0 radical (unpaired) electrons. The van der Waals surface area contributed by atoms with Crippen LogP contribution >= 0.6 is 11.6 Å². The molecule has 5 heteroatoms. The first-order valence-electron chi connectivity index (χ1n) is 6.62. The zero-order valence-electron chi connectivity index (χ0n) is 11.4. The fraction of sp³-hybridized carbons (Fsp3) is 0.571. The highest BCUT2D eigenvalue weighted by Gasteiger charge is 2.28. The van der Waals surface area contributed by atoms with Crippen molar-refractivity contribution >= 4 is 11.6 Å². The number of piperazine rings is 1. The molecule has 1 aliphatic heterocycles. The molecule has 0 saturated carbocycles. The molecule has 3 nitrogen and oxygen atoms in total. The molecule has 106 valence electrons. The molecule has 2 rings (SSSR count). The summed E-state index contributed by atoms with van der Waals surface area (Å²) in [6.07, 6.45) is 0. The normalized spacial score (nSPS) is 23.5. The molecule has 19 heavy (non-hydrogen) atoms. The molecule has 2 N–H and O–H groups in total. The van der Waals surface area contributed by atoms with Crippen LogP contribution in [0.1, 0.15) is 18.5 Å². The van der Waals surface area contributed by atoms with Crippen LogP contribution < -0.4 is 5.73 Å². The second kappa shape index (κ2) is 6.18. The Morgan fingerprint density at radius 3 is 2.84 bits per heavy atom. The minimum absolute atomic E-state index is 0.183. The van der Waals surface area contributed by atoms with Gasteiger partial charge in [-0.05, 0) is 31.7 Å². The van der Waals surface area contributed by atoms with E-state index >= 15 is 0 Å². The van der Waals surface area contributed by atoms with Gasteiger partial charge in [0.15, 0.2) is 0 Å². The molecule has 0 amide bonds. The van der Waals surface area contributed by atoms with Gasteiger partial charge in [-0.25, -0.2) is 4.39 Å². The zero-order chi connectivity index (χ0) is 14.0. The van der Waals surface area contributed by atoms with Gasteiger partial charge in [-0.15, -0.1) is 0 Å². The lowest BCUT2D eigenvalue weighted by Gasteiger charge is -2.43. The van der Waals surface area contributed by atoms with Crippen LogP contribution in [-0.4, -0.2) is 49.1 Å². The third-order valence-corrected chi connectivity index (χ3v) is 4.22. The zero-order valence-corrected chi connectivity index (χ0v) is 12.2. The van der Waals surface area contributed by atoms with Gasteiger partial charge in [-0.1, -0.05) is 17.7 Å². The first kappa shape index (κ1) is 14.7. The lowest BCUT2D eigenvalue weighted by Crippen LogP contribution is -2.55. The second-order valence-corrected chi connectivity index (χ2v) is 5.65. The van der Waals surface area contributed by atoms with Gasteiger partial charge in [0, 0.05) is 38.3 Å². The summed E-state index contributed by atoms with van der Waals surface area (Å²) in [7, 11) is 2.11. The van der Waals surface area contributed by atoms with Crippen molar-refractivity contribution in [3.8, 4) is 0 Å². The van der Waals surface area contributed by atoms with E-state index in [1.54, 1.807) is 12.1 Å². The van der Waals surface area contributed by atoms with Crippen molar-refractivity contribution < 1.29 is 4.39 Å². The first-order chi connectivity index (χ1) is 9.02. The van der Waals surface area contributed by atoms with Gasteiger partial charge < -0.3 is 10.6 Å². The highest BCUT2D eigenvalue weighted by atomic mass is 35.5. The van der Waals surface area contributed by atoms with Gasteiger partial charge >= 0.3 is 0 Å². The molecule has 0 aromatic heterocycles. The van der Waals surface area contributed by atoms with Crippen molar-refractivity contribution in [2.24, 2.45) is 5.73 Å². The molecule has 0 aliphatic carbocycles. The maximum atomic E-state index is 13.2. The SMILES string of the molecule is CC(c1ccc(F)c(Cl)c1)N1CCN(C)CC1CN. The van der Waals surface area contributed by atoms with Crippen molar-refractivity contribution in [2.45, 2.75) is 19.0 Å². The van der Waals surface area contributed by atoms with Crippen molar-refractivity contribution in [3.05, 3.63) is 34.6 Å². The van der Waals surface area contributed by atoms with Gasteiger partial charge in [0.25, 0.3) is 0 Å². The lowest BCUT2D eigenvalue weighted by molar-refractivity contribution is 0.0621. The number of nitrogens with zero attached hydrogens (tertiary/aromatic N) is 2. The Balaban J connectivity index is 2.17. The van der Waals surface area contributed by atoms with E-state index in [9.17, 15) is 4.39 Å². The van der Waals surface area contributed by atoms with Gasteiger partial charge in [0.05, 0.1) is 5.02 Å². The number of benzene rings is 1. The van der Waals surface area contributed by atoms with Crippen LogP contribution in [0, 0.1) is 5.82 Å². The molecule has 1 fully saturated rings. The predicted molar refractivity (Wildman–Crippen MR) is 76.9 cm³/mol. The largest absolute Gasteiger partial charge is 0.329 e. The smallest absolute Gasteiger partial charge is 0.141 e. The third kappa shape index (κ3) is 3.26. The average Bonchev–Trinajstić information content (AvgIpc) is 2.41. The number of halogens is 2. The first-order valence-corrected chi connectivity index (χ1v) is 7.00. The Morgan fingerprint density at radius 1 is 1.47 bits per heavy atom. The van der Waals surface area contributed by atoms with E-state index in [0.29, 0.717) is 12.6 Å². The van der Waals surface area contributed by atoms with E-state index in [4.69, 9.17) is 17.3 Å². The predicted octanol–water partition coefficient (Wildman–Crippen LogP) is 2.11. The Labute approximate surface area is 119 Å². The van der Waals surface area contributed by atoms with Crippen molar-refractivity contribution in [2.75, 3.05) is 33.2 Å². The average molecular weight is 286 g/mol. The minimum Gasteiger partial charge on any atom is -0.329 e. The maximum Gasteiger partial charge on any atom is 0.141 e. The summed E-state index contributed by atoms with van der Waals surface area (Å²) >= 11 is 5.86. The molecule has 0 spiro atoms. The van der Waals surface area contributed by atoms with E-state index in [2.05, 4.69) is 23.8 Å². The fourth-order valence-electron chi connectivity index (χ4n) is 2.71. The molecule has 0 bridgehead atoms. The summed E-state index contributed by atoms with van der Waals surface area (Å²) in [5.74, 6) is -0.369. The Kier molecular flexibility index (Phi) is 4.79. The fourth-order valence-corrected chi connectivity index (χ4v) is 2.90. The monoisotopic (exact) mass is 285 g/mol. The van der Waals surface area contributed by atoms with E-state index in [-0.39, 0.29) is 16.9 Å². The van der Waals surface area contributed by atoms with Gasteiger partial charge in [-0.2, -0.15) is 0 Å². The summed E-state index contributed by atoms with van der Waals surface area (Å²) in [5.41, 5.74) is 6.91. The quantitative estimate of drug-likeness (QED) is 0.923. The van der Waals surface area contributed by atoms with Crippen LogP contribution in [0.3, 0.4) is 0 Å².